The number of allylic oxidation sites excluding steroid dienone is 1. The minimum atomic E-state index is -0.615. The second kappa shape index (κ2) is 10.7. The van der Waals surface area contributed by atoms with Gasteiger partial charge in [-0.15, -0.1) is 0 Å². The van der Waals surface area contributed by atoms with Gasteiger partial charge < -0.3 is 14.2 Å². The first-order valence-electron chi connectivity index (χ1n) is 10.8. The normalized spacial score (nSPS) is 18.5. The first-order chi connectivity index (χ1) is 15.0. The van der Waals surface area contributed by atoms with Crippen molar-refractivity contribution < 1.29 is 23.8 Å². The Morgan fingerprint density at radius 3 is 2.71 bits per heavy atom. The van der Waals surface area contributed by atoms with Crippen molar-refractivity contribution in [1.29, 1.82) is 0 Å². The quantitative estimate of drug-likeness (QED) is 0.411. The third-order valence-electron chi connectivity index (χ3n) is 5.04. The predicted molar refractivity (Wildman–Crippen MR) is 121 cm³/mol. The van der Waals surface area contributed by atoms with Gasteiger partial charge in [0.15, 0.2) is 16.7 Å². The molecular formula is C23H30N2O5S. The Hall–Kier alpha value is -2.48. The summed E-state index contributed by atoms with van der Waals surface area (Å²) in [4.78, 5) is 31.9. The van der Waals surface area contributed by atoms with Crippen LogP contribution in [0.3, 0.4) is 0 Å². The van der Waals surface area contributed by atoms with Gasteiger partial charge >= 0.3 is 5.97 Å². The van der Waals surface area contributed by atoms with E-state index >= 15 is 0 Å². The molecule has 3 rings (SSSR count). The topological polar surface area (TPSA) is 77.4 Å². The zero-order valence-corrected chi connectivity index (χ0v) is 19.4. The monoisotopic (exact) mass is 446 g/mol. The van der Waals surface area contributed by atoms with Gasteiger partial charge in [0.25, 0.3) is 0 Å². The molecule has 0 spiro atoms. The molecule has 168 valence electrons. The maximum Gasteiger partial charge on any atom is 0.338 e. The van der Waals surface area contributed by atoms with Crippen molar-refractivity contribution in [3.05, 3.63) is 35.0 Å². The van der Waals surface area contributed by atoms with Crippen LogP contribution in [0.15, 0.2) is 34.5 Å². The molecule has 1 saturated heterocycles. The molecule has 0 unspecified atom stereocenters. The highest BCUT2D eigenvalue weighted by Crippen LogP contribution is 2.42. The number of thioether (sulfide) groups is 1. The standard InChI is InChI=1S/C23H30N2O5S/c1-5-8-12-30-17-10-9-16(14-18(17)28-6-2)21-20(22(27)29-7-3)15(4)24-23-25(21)19(26)11-13-31-23/h9-10,14,21H,5-8,11-13H2,1-4H3/t21-/m0/s1. The van der Waals surface area contributed by atoms with Crippen LogP contribution in [-0.2, 0) is 14.3 Å². The Balaban J connectivity index is 2.07. The summed E-state index contributed by atoms with van der Waals surface area (Å²) in [5, 5.41) is 0.619. The number of amides is 1. The number of nitrogens with zero attached hydrogens (tertiary/aromatic N) is 2. The van der Waals surface area contributed by atoms with Gasteiger partial charge in [0.1, 0.15) is 0 Å². The summed E-state index contributed by atoms with van der Waals surface area (Å²) >= 11 is 1.52. The first kappa shape index (κ1) is 23.2. The Morgan fingerprint density at radius 2 is 2.00 bits per heavy atom. The van der Waals surface area contributed by atoms with Crippen LogP contribution in [0.4, 0.5) is 0 Å². The smallest absolute Gasteiger partial charge is 0.338 e. The Kier molecular flexibility index (Phi) is 8.01. The van der Waals surface area contributed by atoms with Gasteiger partial charge in [-0.05, 0) is 44.9 Å². The largest absolute Gasteiger partial charge is 0.490 e. The van der Waals surface area contributed by atoms with Crippen LogP contribution in [-0.4, -0.2) is 47.5 Å². The van der Waals surface area contributed by atoms with Gasteiger partial charge in [-0.2, -0.15) is 0 Å². The average molecular weight is 447 g/mol. The fourth-order valence-electron chi connectivity index (χ4n) is 3.59. The predicted octanol–water partition coefficient (Wildman–Crippen LogP) is 4.48. The van der Waals surface area contributed by atoms with Crippen molar-refractivity contribution >= 4 is 28.8 Å². The van der Waals surface area contributed by atoms with E-state index < -0.39 is 12.0 Å². The number of carbonyl (C=O) groups is 2. The summed E-state index contributed by atoms with van der Waals surface area (Å²) in [7, 11) is 0. The fraction of sp³-hybridized carbons (Fsp3) is 0.522. The van der Waals surface area contributed by atoms with E-state index in [4.69, 9.17) is 14.2 Å². The first-order valence-corrected chi connectivity index (χ1v) is 11.8. The van der Waals surface area contributed by atoms with Crippen LogP contribution < -0.4 is 9.47 Å². The highest BCUT2D eigenvalue weighted by molar-refractivity contribution is 8.14. The lowest BCUT2D eigenvalue weighted by Crippen LogP contribution is -2.45. The van der Waals surface area contributed by atoms with E-state index in [9.17, 15) is 9.59 Å². The maximum absolute atomic E-state index is 12.9. The number of fused-ring (bicyclic) bond motifs is 1. The molecule has 1 fully saturated rings. The Labute approximate surface area is 187 Å². The van der Waals surface area contributed by atoms with Crippen LogP contribution in [0.1, 0.15) is 58.6 Å². The molecule has 8 heteroatoms. The number of aliphatic imine (C=N–C) groups is 1. The lowest BCUT2D eigenvalue weighted by atomic mass is 9.93. The minimum Gasteiger partial charge on any atom is -0.490 e. The molecule has 1 amide bonds. The van der Waals surface area contributed by atoms with E-state index in [1.807, 2.05) is 25.1 Å². The molecule has 7 nitrogen and oxygen atoms in total. The van der Waals surface area contributed by atoms with E-state index in [0.29, 0.717) is 53.3 Å². The third kappa shape index (κ3) is 5.06. The number of ether oxygens (including phenoxy) is 3. The number of hydrogen-bond acceptors (Lipinski definition) is 7. The molecule has 2 heterocycles. The molecule has 0 bridgehead atoms. The van der Waals surface area contributed by atoms with Crippen molar-refractivity contribution in [2.75, 3.05) is 25.6 Å². The van der Waals surface area contributed by atoms with E-state index in [1.54, 1.807) is 18.7 Å². The molecule has 31 heavy (non-hydrogen) atoms. The van der Waals surface area contributed by atoms with Crippen molar-refractivity contribution in [2.45, 2.75) is 53.0 Å². The third-order valence-corrected chi connectivity index (χ3v) is 6.00. The highest BCUT2D eigenvalue weighted by Gasteiger charge is 2.41. The van der Waals surface area contributed by atoms with Crippen molar-refractivity contribution in [3.8, 4) is 11.5 Å². The second-order valence-corrected chi connectivity index (χ2v) is 8.28. The number of rotatable bonds is 9. The highest BCUT2D eigenvalue weighted by atomic mass is 32.2. The Morgan fingerprint density at radius 1 is 1.19 bits per heavy atom. The van der Waals surface area contributed by atoms with Crippen molar-refractivity contribution in [3.63, 3.8) is 0 Å². The molecular weight excluding hydrogens is 416 g/mol. The van der Waals surface area contributed by atoms with Crippen molar-refractivity contribution in [2.24, 2.45) is 4.99 Å². The summed E-state index contributed by atoms with van der Waals surface area (Å²) in [5.74, 6) is 1.41. The zero-order valence-electron chi connectivity index (χ0n) is 18.6. The van der Waals surface area contributed by atoms with Crippen LogP contribution in [0.5, 0.6) is 11.5 Å². The van der Waals surface area contributed by atoms with E-state index in [0.717, 1.165) is 18.4 Å². The number of benzene rings is 1. The molecule has 0 saturated carbocycles. The zero-order chi connectivity index (χ0) is 22.4. The maximum atomic E-state index is 12.9. The molecule has 0 radical (unpaired) electrons. The summed E-state index contributed by atoms with van der Waals surface area (Å²) in [6.07, 6.45) is 2.38. The molecule has 0 aromatic heterocycles. The Bertz CT molecular complexity index is 896. The van der Waals surface area contributed by atoms with Gasteiger partial charge in [0, 0.05) is 12.2 Å². The molecule has 0 aliphatic carbocycles. The van der Waals surface area contributed by atoms with Crippen LogP contribution in [0.25, 0.3) is 0 Å². The summed E-state index contributed by atoms with van der Waals surface area (Å²) in [6, 6.07) is 4.98. The van der Waals surface area contributed by atoms with E-state index in [1.165, 1.54) is 11.8 Å². The van der Waals surface area contributed by atoms with Crippen LogP contribution in [0.2, 0.25) is 0 Å². The molecule has 1 aromatic rings. The van der Waals surface area contributed by atoms with Gasteiger partial charge in [-0.3, -0.25) is 9.69 Å². The molecule has 1 atom stereocenters. The van der Waals surface area contributed by atoms with Gasteiger partial charge in [0.2, 0.25) is 5.91 Å². The summed E-state index contributed by atoms with van der Waals surface area (Å²) in [5.41, 5.74) is 1.71. The lowest BCUT2D eigenvalue weighted by molar-refractivity contribution is -0.139. The van der Waals surface area contributed by atoms with E-state index in [2.05, 4.69) is 11.9 Å². The molecule has 0 N–H and O–H groups in total. The summed E-state index contributed by atoms with van der Waals surface area (Å²) < 4.78 is 17.1. The number of esters is 1. The minimum absolute atomic E-state index is 0.0574. The lowest BCUT2D eigenvalue weighted by Gasteiger charge is -2.39. The average Bonchev–Trinajstić information content (AvgIpc) is 2.74. The number of carbonyl (C=O) groups excluding carboxylic acids is 2. The number of hydrogen-bond donors (Lipinski definition) is 0. The number of unbranched alkanes of at least 4 members (excludes halogenated alkanes) is 1. The number of amidine groups is 1. The molecule has 1 aromatic carbocycles. The SMILES string of the molecule is CCCCOc1ccc([C@H]2C(C(=O)OCC)=C(C)N=C3SCCC(=O)N32)cc1OCC. The van der Waals surface area contributed by atoms with E-state index in [-0.39, 0.29) is 12.5 Å². The van der Waals surface area contributed by atoms with Gasteiger partial charge in [0.05, 0.1) is 37.1 Å². The molecule has 2 aliphatic heterocycles. The van der Waals surface area contributed by atoms with Gasteiger partial charge in [-0.25, -0.2) is 9.79 Å². The van der Waals surface area contributed by atoms with Crippen LogP contribution in [0, 0.1) is 0 Å². The second-order valence-electron chi connectivity index (χ2n) is 7.22. The van der Waals surface area contributed by atoms with Crippen molar-refractivity contribution in [1.82, 2.24) is 4.90 Å². The van der Waals surface area contributed by atoms with Gasteiger partial charge in [-0.1, -0.05) is 31.2 Å². The molecule has 2 aliphatic rings. The van der Waals surface area contributed by atoms with Crippen LogP contribution >= 0.6 is 11.8 Å². The summed E-state index contributed by atoms with van der Waals surface area (Å²) in [6.45, 7) is 8.89. The fourth-order valence-corrected chi connectivity index (χ4v) is 4.60.